The highest BCUT2D eigenvalue weighted by Crippen LogP contribution is 2.21. The van der Waals surface area contributed by atoms with Gasteiger partial charge in [0.05, 0.1) is 25.1 Å². The van der Waals surface area contributed by atoms with Crippen LogP contribution in [-0.2, 0) is 16.1 Å². The van der Waals surface area contributed by atoms with E-state index in [1.165, 1.54) is 22.9 Å². The Balaban J connectivity index is 1.46. The molecular weight excluding hydrogens is 376 g/mol. The Kier molecular flexibility index (Phi) is 6.54. The smallest absolute Gasteiger partial charge is 0.239 e. The van der Waals surface area contributed by atoms with Crippen molar-refractivity contribution in [2.75, 3.05) is 12.3 Å². The van der Waals surface area contributed by atoms with Gasteiger partial charge in [-0.25, -0.2) is 4.98 Å². The van der Waals surface area contributed by atoms with Gasteiger partial charge in [-0.1, -0.05) is 17.8 Å². The number of hydrogen-bond acceptors (Lipinski definition) is 5. The number of nitrogens with one attached hydrogen (secondary N) is 2. The third kappa shape index (κ3) is 5.26. The van der Waals surface area contributed by atoms with Crippen molar-refractivity contribution < 1.29 is 14.0 Å². The number of furan rings is 1. The molecule has 0 bridgehead atoms. The lowest BCUT2D eigenvalue weighted by molar-refractivity contribution is -0.124. The zero-order chi connectivity index (χ0) is 19.9. The second-order valence-electron chi connectivity index (χ2n) is 6.27. The van der Waals surface area contributed by atoms with Crippen LogP contribution in [0.2, 0.25) is 0 Å². The summed E-state index contributed by atoms with van der Waals surface area (Å²) in [6.45, 7) is 4.35. The van der Waals surface area contributed by atoms with E-state index in [0.717, 1.165) is 10.8 Å². The van der Waals surface area contributed by atoms with Crippen molar-refractivity contribution in [3.05, 3.63) is 65.9 Å². The topological polar surface area (TPSA) is 89.2 Å². The summed E-state index contributed by atoms with van der Waals surface area (Å²) in [6, 6.07) is 9.70. The number of thioether (sulfide) groups is 1. The van der Waals surface area contributed by atoms with Crippen LogP contribution in [-0.4, -0.2) is 33.7 Å². The molecule has 0 saturated carbocycles. The number of rotatable bonds is 8. The van der Waals surface area contributed by atoms with Gasteiger partial charge in [-0.2, -0.15) is 0 Å². The van der Waals surface area contributed by atoms with Crippen LogP contribution in [0.5, 0.6) is 0 Å². The molecule has 3 rings (SSSR count). The molecule has 2 amide bonds. The molecule has 146 valence electrons. The summed E-state index contributed by atoms with van der Waals surface area (Å²) >= 11 is 1.32. The first kappa shape index (κ1) is 19.8. The molecule has 0 aliphatic heterocycles. The van der Waals surface area contributed by atoms with Crippen molar-refractivity contribution in [1.29, 1.82) is 0 Å². The van der Waals surface area contributed by atoms with E-state index < -0.39 is 0 Å². The summed E-state index contributed by atoms with van der Waals surface area (Å²) in [5.74, 6) is 0.334. The van der Waals surface area contributed by atoms with Crippen molar-refractivity contribution in [3.63, 3.8) is 0 Å². The average Bonchev–Trinajstić information content (AvgIpc) is 3.37. The van der Waals surface area contributed by atoms with E-state index in [1.54, 1.807) is 24.6 Å². The molecule has 2 heterocycles. The number of hydrogen-bond donors (Lipinski definition) is 2. The second-order valence-corrected chi connectivity index (χ2v) is 7.21. The summed E-state index contributed by atoms with van der Waals surface area (Å²) in [4.78, 5) is 28.2. The Labute approximate surface area is 167 Å². The number of benzene rings is 1. The number of carbonyl (C=O) groups excluding carboxylic acids is 2. The van der Waals surface area contributed by atoms with Crippen molar-refractivity contribution in [3.8, 4) is 5.69 Å². The number of amides is 2. The van der Waals surface area contributed by atoms with E-state index in [4.69, 9.17) is 4.42 Å². The van der Waals surface area contributed by atoms with Gasteiger partial charge < -0.3 is 15.1 Å². The minimum absolute atomic E-state index is 0.0777. The van der Waals surface area contributed by atoms with Crippen LogP contribution < -0.4 is 10.6 Å². The lowest BCUT2D eigenvalue weighted by atomic mass is 10.1. The van der Waals surface area contributed by atoms with Crippen LogP contribution in [0.3, 0.4) is 0 Å². The monoisotopic (exact) mass is 398 g/mol. The van der Waals surface area contributed by atoms with Crippen molar-refractivity contribution in [2.24, 2.45) is 0 Å². The molecule has 28 heavy (non-hydrogen) atoms. The first-order valence-electron chi connectivity index (χ1n) is 8.82. The molecule has 0 aliphatic carbocycles. The predicted octanol–water partition coefficient (Wildman–Crippen LogP) is 2.61. The van der Waals surface area contributed by atoms with Crippen LogP contribution in [0.4, 0.5) is 0 Å². The van der Waals surface area contributed by atoms with Crippen molar-refractivity contribution in [1.82, 2.24) is 20.2 Å². The highest BCUT2D eigenvalue weighted by Gasteiger charge is 2.11. The third-order valence-corrected chi connectivity index (χ3v) is 5.16. The van der Waals surface area contributed by atoms with E-state index in [1.807, 2.05) is 16.8 Å². The molecule has 2 N–H and O–H groups in total. The van der Waals surface area contributed by atoms with Gasteiger partial charge in [-0.3, -0.25) is 14.2 Å². The van der Waals surface area contributed by atoms with Gasteiger partial charge in [-0.05, 0) is 49.2 Å². The maximum absolute atomic E-state index is 12.1. The highest BCUT2D eigenvalue weighted by atomic mass is 32.2. The summed E-state index contributed by atoms with van der Waals surface area (Å²) < 4.78 is 7.08. The van der Waals surface area contributed by atoms with Crippen LogP contribution in [0.25, 0.3) is 5.69 Å². The summed E-state index contributed by atoms with van der Waals surface area (Å²) in [5.41, 5.74) is 3.42. The van der Waals surface area contributed by atoms with Gasteiger partial charge >= 0.3 is 0 Å². The fourth-order valence-electron chi connectivity index (χ4n) is 2.49. The van der Waals surface area contributed by atoms with Gasteiger partial charge in [0, 0.05) is 18.1 Å². The Hall–Kier alpha value is -3.00. The zero-order valence-electron chi connectivity index (χ0n) is 15.8. The average molecular weight is 398 g/mol. The molecule has 2 aromatic heterocycles. The molecule has 0 spiro atoms. The molecule has 0 atom stereocenters. The minimum Gasteiger partial charge on any atom is -0.467 e. The Bertz CT molecular complexity index is 950. The van der Waals surface area contributed by atoms with Gasteiger partial charge in [-0.15, -0.1) is 0 Å². The molecular formula is C20H22N4O3S. The molecule has 1 aromatic carbocycles. The van der Waals surface area contributed by atoms with E-state index in [0.29, 0.717) is 12.3 Å². The van der Waals surface area contributed by atoms with Gasteiger partial charge in [0.25, 0.3) is 0 Å². The lowest BCUT2D eigenvalue weighted by Gasteiger charge is -2.10. The minimum atomic E-state index is -0.272. The Morgan fingerprint density at radius 1 is 1.14 bits per heavy atom. The van der Waals surface area contributed by atoms with E-state index in [9.17, 15) is 9.59 Å². The van der Waals surface area contributed by atoms with Crippen LogP contribution in [0, 0.1) is 13.8 Å². The van der Waals surface area contributed by atoms with Crippen LogP contribution >= 0.6 is 11.8 Å². The predicted molar refractivity (Wildman–Crippen MR) is 107 cm³/mol. The maximum atomic E-state index is 12.1. The second kappa shape index (κ2) is 9.27. The van der Waals surface area contributed by atoms with Gasteiger partial charge in [0.15, 0.2) is 5.16 Å². The molecule has 0 aliphatic rings. The number of aryl methyl sites for hydroxylation is 2. The van der Waals surface area contributed by atoms with Crippen LogP contribution in [0.1, 0.15) is 16.9 Å². The zero-order valence-corrected chi connectivity index (χ0v) is 16.6. The Morgan fingerprint density at radius 3 is 2.75 bits per heavy atom. The maximum Gasteiger partial charge on any atom is 0.239 e. The normalized spacial score (nSPS) is 10.6. The quantitative estimate of drug-likeness (QED) is 0.570. The molecule has 0 unspecified atom stereocenters. The Morgan fingerprint density at radius 2 is 2.00 bits per heavy atom. The van der Waals surface area contributed by atoms with Crippen molar-refractivity contribution in [2.45, 2.75) is 25.5 Å². The number of nitrogens with zero attached hydrogens (tertiary/aromatic N) is 2. The number of aromatic nitrogens is 2. The van der Waals surface area contributed by atoms with E-state index >= 15 is 0 Å². The fourth-order valence-corrected chi connectivity index (χ4v) is 3.29. The molecule has 0 radical (unpaired) electrons. The van der Waals surface area contributed by atoms with Crippen LogP contribution in [0.15, 0.2) is 58.6 Å². The first-order chi connectivity index (χ1) is 13.5. The fraction of sp³-hybridized carbons (Fsp3) is 0.250. The number of imidazole rings is 1. The lowest BCUT2D eigenvalue weighted by Crippen LogP contribution is -2.37. The molecule has 0 fully saturated rings. The van der Waals surface area contributed by atoms with Gasteiger partial charge in [0.1, 0.15) is 5.76 Å². The summed E-state index contributed by atoms with van der Waals surface area (Å²) in [7, 11) is 0. The summed E-state index contributed by atoms with van der Waals surface area (Å²) in [5, 5.41) is 6.01. The first-order valence-corrected chi connectivity index (χ1v) is 9.81. The largest absolute Gasteiger partial charge is 0.467 e. The molecule has 0 saturated heterocycles. The van der Waals surface area contributed by atoms with Gasteiger partial charge in [0.2, 0.25) is 11.8 Å². The molecule has 7 nitrogen and oxygen atoms in total. The van der Waals surface area contributed by atoms with E-state index in [2.05, 4.69) is 41.6 Å². The van der Waals surface area contributed by atoms with Crippen molar-refractivity contribution >= 4 is 23.6 Å². The van der Waals surface area contributed by atoms with E-state index in [-0.39, 0.29) is 24.1 Å². The SMILES string of the molecule is Cc1ccc(-n2ccnc2SCC(=O)NCC(=O)NCc2ccco2)cc1C. The standard InChI is InChI=1S/C20H22N4O3S/c1-14-5-6-16(10-15(14)2)24-8-7-21-20(24)28-13-19(26)23-12-18(25)22-11-17-4-3-9-27-17/h3-10H,11-13H2,1-2H3,(H,22,25)(H,23,26). The molecule has 8 heteroatoms. The highest BCUT2D eigenvalue weighted by molar-refractivity contribution is 7.99. The third-order valence-electron chi connectivity index (χ3n) is 4.19. The molecule has 3 aromatic rings. The summed E-state index contributed by atoms with van der Waals surface area (Å²) in [6.07, 6.45) is 5.12. The number of carbonyl (C=O) groups is 2.